The molecule has 1 aliphatic rings. The van der Waals surface area contributed by atoms with Crippen LogP contribution in [0, 0.1) is 5.92 Å². The number of nitrogens with zero attached hydrogens (tertiary/aromatic N) is 1. The van der Waals surface area contributed by atoms with Gasteiger partial charge in [0, 0.05) is 32.5 Å². The van der Waals surface area contributed by atoms with Gasteiger partial charge in [0.15, 0.2) is 0 Å². The number of carbonyl (C=O) groups is 1. The Morgan fingerprint density at radius 1 is 1.25 bits per heavy atom. The number of hydrogen-bond acceptors (Lipinski definition) is 3. The summed E-state index contributed by atoms with van der Waals surface area (Å²) in [5.74, 6) is 0.337. The molecule has 1 aliphatic heterocycles. The van der Waals surface area contributed by atoms with Crippen LogP contribution in [0.5, 0.6) is 0 Å². The van der Waals surface area contributed by atoms with Crippen LogP contribution in [0.15, 0.2) is 53.5 Å². The monoisotopic (exact) mass is 326 g/mol. The molecule has 0 radical (unpaired) electrons. The highest BCUT2D eigenvalue weighted by Gasteiger charge is 2.32. The molecule has 0 aliphatic carbocycles. The van der Waals surface area contributed by atoms with Crippen molar-refractivity contribution >= 4 is 5.91 Å². The van der Waals surface area contributed by atoms with Crippen molar-refractivity contribution in [3.63, 3.8) is 0 Å². The van der Waals surface area contributed by atoms with Gasteiger partial charge in [0.05, 0.1) is 11.7 Å². The highest BCUT2D eigenvalue weighted by molar-refractivity contribution is 5.93. The zero-order chi connectivity index (χ0) is 16.9. The number of benzene rings is 1. The quantitative estimate of drug-likeness (QED) is 0.936. The maximum atomic E-state index is 12.6. The standard InChI is InChI=1S/C19H22N2O3/c1-24-17-13-21(19(23)16-7-8-18(22)20-12-16)10-9-15(17)11-14-5-3-2-4-6-14/h2-8,12,15,17H,9-11,13H2,1H3,(H,20,22)/t15-,17+/m1/s1. The van der Waals surface area contributed by atoms with Crippen LogP contribution in [0.25, 0.3) is 0 Å². The summed E-state index contributed by atoms with van der Waals surface area (Å²) in [5.41, 5.74) is 1.60. The van der Waals surface area contributed by atoms with Crippen molar-refractivity contribution in [2.24, 2.45) is 5.92 Å². The fraction of sp³-hybridized carbons (Fsp3) is 0.368. The molecule has 1 N–H and O–H groups in total. The molecule has 0 bridgehead atoms. The summed E-state index contributed by atoms with van der Waals surface area (Å²) in [5, 5.41) is 0. The van der Waals surface area contributed by atoms with Gasteiger partial charge in [-0.3, -0.25) is 9.59 Å². The molecule has 1 aromatic carbocycles. The average Bonchev–Trinajstić information content (AvgIpc) is 2.63. The molecule has 1 amide bonds. The number of rotatable bonds is 4. The molecule has 5 heteroatoms. The Balaban J connectivity index is 1.67. The second-order valence-electron chi connectivity index (χ2n) is 6.21. The van der Waals surface area contributed by atoms with E-state index in [0.29, 0.717) is 24.6 Å². The molecule has 1 saturated heterocycles. The van der Waals surface area contributed by atoms with Gasteiger partial charge in [0.25, 0.3) is 5.91 Å². The topological polar surface area (TPSA) is 62.4 Å². The molecule has 0 saturated carbocycles. The highest BCUT2D eigenvalue weighted by atomic mass is 16.5. The molecule has 0 spiro atoms. The molecule has 1 fully saturated rings. The molecule has 126 valence electrons. The Hall–Kier alpha value is -2.40. The Morgan fingerprint density at radius 3 is 2.71 bits per heavy atom. The number of carbonyl (C=O) groups excluding carboxylic acids is 1. The van der Waals surface area contributed by atoms with Gasteiger partial charge in [0.2, 0.25) is 5.56 Å². The number of amides is 1. The van der Waals surface area contributed by atoms with Crippen molar-refractivity contribution in [1.82, 2.24) is 9.88 Å². The number of likely N-dealkylation sites (tertiary alicyclic amines) is 1. The van der Waals surface area contributed by atoms with Crippen LogP contribution in [-0.2, 0) is 11.2 Å². The third-order valence-corrected chi connectivity index (χ3v) is 4.66. The van der Waals surface area contributed by atoms with Gasteiger partial charge >= 0.3 is 0 Å². The summed E-state index contributed by atoms with van der Waals surface area (Å²) in [6.45, 7) is 1.28. The molecule has 2 aromatic rings. The SMILES string of the molecule is CO[C@H]1CN(C(=O)c2ccc(=O)[nH]c2)CC[C@@H]1Cc1ccccc1. The predicted molar refractivity (Wildman–Crippen MR) is 92.0 cm³/mol. The maximum absolute atomic E-state index is 12.6. The van der Waals surface area contributed by atoms with E-state index >= 15 is 0 Å². The highest BCUT2D eigenvalue weighted by Crippen LogP contribution is 2.25. The van der Waals surface area contributed by atoms with Gasteiger partial charge in [-0.2, -0.15) is 0 Å². The van der Waals surface area contributed by atoms with Crippen molar-refractivity contribution in [2.45, 2.75) is 18.9 Å². The van der Waals surface area contributed by atoms with Crippen LogP contribution < -0.4 is 5.56 Å². The molecule has 2 heterocycles. The van der Waals surface area contributed by atoms with E-state index < -0.39 is 0 Å². The minimum Gasteiger partial charge on any atom is -0.379 e. The van der Waals surface area contributed by atoms with E-state index in [9.17, 15) is 9.59 Å². The zero-order valence-electron chi connectivity index (χ0n) is 13.8. The van der Waals surface area contributed by atoms with Gasteiger partial charge < -0.3 is 14.6 Å². The summed E-state index contributed by atoms with van der Waals surface area (Å²) < 4.78 is 5.66. The van der Waals surface area contributed by atoms with Gasteiger partial charge in [-0.25, -0.2) is 0 Å². The fourth-order valence-corrected chi connectivity index (χ4v) is 3.29. The lowest BCUT2D eigenvalue weighted by molar-refractivity contribution is -0.00698. The second-order valence-corrected chi connectivity index (χ2v) is 6.21. The summed E-state index contributed by atoms with van der Waals surface area (Å²) in [4.78, 5) is 28.1. The van der Waals surface area contributed by atoms with E-state index in [1.165, 1.54) is 17.8 Å². The summed E-state index contributed by atoms with van der Waals surface area (Å²) in [6, 6.07) is 13.3. The molecule has 5 nitrogen and oxygen atoms in total. The van der Waals surface area contributed by atoms with E-state index in [1.807, 2.05) is 23.1 Å². The van der Waals surface area contributed by atoms with Crippen LogP contribution in [0.1, 0.15) is 22.3 Å². The lowest BCUT2D eigenvalue weighted by Gasteiger charge is -2.38. The normalized spacial score (nSPS) is 20.8. The van der Waals surface area contributed by atoms with E-state index in [4.69, 9.17) is 4.74 Å². The first-order valence-corrected chi connectivity index (χ1v) is 8.22. The molecular weight excluding hydrogens is 304 g/mol. The van der Waals surface area contributed by atoms with Crippen LogP contribution in [0.3, 0.4) is 0 Å². The number of pyridine rings is 1. The van der Waals surface area contributed by atoms with Crippen molar-refractivity contribution < 1.29 is 9.53 Å². The number of ether oxygens (including phenoxy) is 1. The van der Waals surface area contributed by atoms with Gasteiger partial charge in [-0.1, -0.05) is 30.3 Å². The number of hydrogen-bond donors (Lipinski definition) is 1. The number of piperidine rings is 1. The van der Waals surface area contributed by atoms with Crippen molar-refractivity contribution in [3.8, 4) is 0 Å². The summed E-state index contributed by atoms with van der Waals surface area (Å²) >= 11 is 0. The predicted octanol–water partition coefficient (Wildman–Crippen LogP) is 2.09. The summed E-state index contributed by atoms with van der Waals surface area (Å²) in [7, 11) is 1.70. The second kappa shape index (κ2) is 7.45. The first-order valence-electron chi connectivity index (χ1n) is 8.22. The first kappa shape index (κ1) is 16.5. The minimum absolute atomic E-state index is 0.0191. The van der Waals surface area contributed by atoms with Crippen LogP contribution in [0.2, 0.25) is 0 Å². The Labute approximate surface area is 141 Å². The third kappa shape index (κ3) is 3.74. The zero-order valence-corrected chi connectivity index (χ0v) is 13.8. The molecule has 0 unspecified atom stereocenters. The lowest BCUT2D eigenvalue weighted by atomic mass is 9.87. The van der Waals surface area contributed by atoms with E-state index in [2.05, 4.69) is 17.1 Å². The lowest BCUT2D eigenvalue weighted by Crippen LogP contribution is -2.48. The molecular formula is C19H22N2O3. The Kier molecular flexibility index (Phi) is 5.11. The van der Waals surface area contributed by atoms with Crippen molar-refractivity contribution in [3.05, 3.63) is 70.1 Å². The van der Waals surface area contributed by atoms with Crippen molar-refractivity contribution in [1.29, 1.82) is 0 Å². The average molecular weight is 326 g/mol. The molecule has 3 rings (SSSR count). The summed E-state index contributed by atoms with van der Waals surface area (Å²) in [6.07, 6.45) is 3.36. The fourth-order valence-electron chi connectivity index (χ4n) is 3.29. The number of aromatic amines is 1. The minimum atomic E-state index is -0.206. The number of aromatic nitrogens is 1. The van der Waals surface area contributed by atoms with Crippen molar-refractivity contribution in [2.75, 3.05) is 20.2 Å². The third-order valence-electron chi connectivity index (χ3n) is 4.66. The van der Waals surface area contributed by atoms with Gasteiger partial charge in [-0.05, 0) is 30.4 Å². The van der Waals surface area contributed by atoms with Gasteiger partial charge in [0.1, 0.15) is 0 Å². The van der Waals surface area contributed by atoms with E-state index in [0.717, 1.165) is 12.8 Å². The molecule has 2 atom stereocenters. The Morgan fingerprint density at radius 2 is 2.04 bits per heavy atom. The maximum Gasteiger partial charge on any atom is 0.255 e. The molecule has 1 aromatic heterocycles. The van der Waals surface area contributed by atoms with Gasteiger partial charge in [-0.15, -0.1) is 0 Å². The smallest absolute Gasteiger partial charge is 0.255 e. The number of nitrogens with one attached hydrogen (secondary N) is 1. The molecule has 24 heavy (non-hydrogen) atoms. The van der Waals surface area contributed by atoms with Crippen LogP contribution >= 0.6 is 0 Å². The van der Waals surface area contributed by atoms with E-state index in [1.54, 1.807) is 13.2 Å². The Bertz CT molecular complexity index is 721. The van der Waals surface area contributed by atoms with Crippen LogP contribution in [-0.4, -0.2) is 42.1 Å². The van der Waals surface area contributed by atoms with E-state index in [-0.39, 0.29) is 17.6 Å². The first-order chi connectivity index (χ1) is 11.7. The number of H-pyrrole nitrogens is 1. The van der Waals surface area contributed by atoms with Crippen LogP contribution in [0.4, 0.5) is 0 Å². The number of methoxy groups -OCH3 is 1. The largest absolute Gasteiger partial charge is 0.379 e.